The number of likely N-dealkylation sites (N-methyl/N-ethyl adjacent to an activating group) is 1. The summed E-state index contributed by atoms with van der Waals surface area (Å²) in [6, 6.07) is 6.95. The number of benzene rings is 1. The number of thiophene rings is 1. The van der Waals surface area contributed by atoms with Crippen molar-refractivity contribution >= 4 is 45.4 Å². The second-order valence-corrected chi connectivity index (χ2v) is 7.33. The van der Waals surface area contributed by atoms with Gasteiger partial charge < -0.3 is 10.2 Å². The smallest absolute Gasteiger partial charge is 0.257 e. The number of hydrogen-bond donors (Lipinski definition) is 1. The first-order valence-corrected chi connectivity index (χ1v) is 8.56. The Morgan fingerprint density at radius 2 is 2.22 bits per heavy atom. The molecule has 0 saturated heterocycles. The van der Waals surface area contributed by atoms with E-state index in [2.05, 4.69) is 16.3 Å². The predicted molar refractivity (Wildman–Crippen MR) is 93.5 cm³/mol. The molecule has 0 radical (unpaired) electrons. The van der Waals surface area contributed by atoms with E-state index >= 15 is 0 Å². The number of carbonyl (C=O) groups excluding carboxylic acids is 1. The maximum atomic E-state index is 12.5. The highest BCUT2D eigenvalue weighted by molar-refractivity contribution is 7.16. The summed E-state index contributed by atoms with van der Waals surface area (Å²) in [5.74, 6) is -0.360. The number of hydrogen-bond acceptors (Lipinski definition) is 4. The number of carbonyl (C=O) groups is 1. The molecular weight excluding hydrogens is 353 g/mol. The Morgan fingerprint density at radius 1 is 1.43 bits per heavy atom. The highest BCUT2D eigenvalue weighted by atomic mass is 35.5. The van der Waals surface area contributed by atoms with Gasteiger partial charge in [-0.2, -0.15) is 5.26 Å². The summed E-state index contributed by atoms with van der Waals surface area (Å²) in [6.07, 6.45) is 0.818. The van der Waals surface area contributed by atoms with Crippen LogP contribution in [0.25, 0.3) is 0 Å². The second-order valence-electron chi connectivity index (χ2n) is 5.39. The van der Waals surface area contributed by atoms with Gasteiger partial charge in [0.15, 0.2) is 0 Å². The van der Waals surface area contributed by atoms with Crippen LogP contribution in [0, 0.1) is 11.3 Å². The van der Waals surface area contributed by atoms with Crippen LogP contribution in [-0.4, -0.2) is 24.4 Å². The fourth-order valence-electron chi connectivity index (χ4n) is 2.58. The molecule has 0 spiro atoms. The monoisotopic (exact) mass is 365 g/mol. The second kappa shape index (κ2) is 6.50. The van der Waals surface area contributed by atoms with E-state index in [1.54, 1.807) is 12.1 Å². The lowest BCUT2D eigenvalue weighted by Gasteiger charge is -2.21. The summed E-state index contributed by atoms with van der Waals surface area (Å²) in [7, 11) is 2.04. The topological polar surface area (TPSA) is 56.1 Å². The number of fused-ring (bicyclic) bond motifs is 1. The molecule has 2 aromatic rings. The average Bonchev–Trinajstić information content (AvgIpc) is 2.85. The van der Waals surface area contributed by atoms with Crippen molar-refractivity contribution in [2.75, 3.05) is 18.9 Å². The average molecular weight is 366 g/mol. The number of nitriles is 1. The molecule has 1 aliphatic heterocycles. The molecule has 4 nitrogen and oxygen atoms in total. The highest BCUT2D eigenvalue weighted by Gasteiger charge is 2.24. The molecule has 0 fully saturated rings. The fraction of sp³-hybridized carbons (Fsp3) is 0.250. The molecule has 0 saturated carbocycles. The molecule has 2 heterocycles. The number of anilines is 1. The molecule has 1 N–H and O–H groups in total. The van der Waals surface area contributed by atoms with E-state index in [4.69, 9.17) is 23.2 Å². The first-order chi connectivity index (χ1) is 11.0. The summed E-state index contributed by atoms with van der Waals surface area (Å²) in [5.41, 5.74) is 1.90. The van der Waals surface area contributed by atoms with Gasteiger partial charge in [0.05, 0.1) is 16.1 Å². The number of nitrogens with one attached hydrogen (secondary N) is 1. The van der Waals surface area contributed by atoms with Gasteiger partial charge in [-0.1, -0.05) is 23.2 Å². The Labute approximate surface area is 148 Å². The Morgan fingerprint density at radius 3 is 2.96 bits per heavy atom. The first-order valence-electron chi connectivity index (χ1n) is 6.99. The van der Waals surface area contributed by atoms with Crippen LogP contribution >= 0.6 is 34.5 Å². The van der Waals surface area contributed by atoms with E-state index in [-0.39, 0.29) is 5.91 Å². The normalized spacial score (nSPS) is 14.2. The molecule has 1 aromatic heterocycles. The zero-order chi connectivity index (χ0) is 16.6. The number of rotatable bonds is 2. The Balaban J connectivity index is 1.93. The number of nitrogens with zero attached hydrogens (tertiary/aromatic N) is 2. The minimum atomic E-state index is -0.360. The molecule has 1 aliphatic rings. The van der Waals surface area contributed by atoms with Crippen LogP contribution < -0.4 is 5.32 Å². The fourth-order valence-corrected chi connectivity index (χ4v) is 4.23. The van der Waals surface area contributed by atoms with Crippen molar-refractivity contribution in [3.8, 4) is 6.07 Å². The largest absolute Gasteiger partial charge is 0.312 e. The van der Waals surface area contributed by atoms with Crippen molar-refractivity contribution in [1.29, 1.82) is 5.26 Å². The quantitative estimate of drug-likeness (QED) is 0.868. The van der Waals surface area contributed by atoms with Crippen LogP contribution in [0.3, 0.4) is 0 Å². The molecule has 1 aromatic carbocycles. The van der Waals surface area contributed by atoms with E-state index in [1.165, 1.54) is 17.4 Å². The van der Waals surface area contributed by atoms with Gasteiger partial charge in [-0.15, -0.1) is 11.3 Å². The van der Waals surface area contributed by atoms with Crippen LogP contribution in [0.1, 0.15) is 26.4 Å². The van der Waals surface area contributed by atoms with Crippen molar-refractivity contribution in [1.82, 2.24) is 4.90 Å². The molecule has 7 heteroatoms. The summed E-state index contributed by atoms with van der Waals surface area (Å²) in [5, 5.41) is 13.6. The van der Waals surface area contributed by atoms with E-state index < -0.39 is 0 Å². The molecule has 118 valence electrons. The van der Waals surface area contributed by atoms with Crippen LogP contribution in [0.2, 0.25) is 10.0 Å². The molecule has 0 atom stereocenters. The van der Waals surface area contributed by atoms with Crippen molar-refractivity contribution in [3.63, 3.8) is 0 Å². The summed E-state index contributed by atoms with van der Waals surface area (Å²) < 4.78 is 0. The molecule has 0 unspecified atom stereocenters. The zero-order valence-corrected chi connectivity index (χ0v) is 14.6. The van der Waals surface area contributed by atoms with Crippen molar-refractivity contribution in [2.45, 2.75) is 13.0 Å². The predicted octanol–water partition coefficient (Wildman–Crippen LogP) is 4.17. The standard InChI is InChI=1S/C16H13Cl2N3OS/c1-21-5-4-10-12(7-19)16(23-14(10)8-21)20-15(22)11-6-9(17)2-3-13(11)18/h2-3,6H,4-5,8H2,1H3,(H,20,22). The Bertz CT molecular complexity index is 825. The maximum absolute atomic E-state index is 12.5. The van der Waals surface area contributed by atoms with Gasteiger partial charge in [0.2, 0.25) is 0 Å². The third-order valence-electron chi connectivity index (χ3n) is 3.76. The Kier molecular flexibility index (Phi) is 4.60. The van der Waals surface area contributed by atoms with Gasteiger partial charge in [-0.3, -0.25) is 4.79 Å². The van der Waals surface area contributed by atoms with Gasteiger partial charge in [0.1, 0.15) is 11.1 Å². The van der Waals surface area contributed by atoms with Crippen LogP contribution in [0.15, 0.2) is 18.2 Å². The molecule has 3 rings (SSSR count). The van der Waals surface area contributed by atoms with Gasteiger partial charge in [-0.05, 0) is 37.2 Å². The van der Waals surface area contributed by atoms with Crippen LogP contribution in [0.4, 0.5) is 5.00 Å². The summed E-state index contributed by atoms with van der Waals surface area (Å²) in [6.45, 7) is 1.70. The minimum Gasteiger partial charge on any atom is -0.312 e. The zero-order valence-electron chi connectivity index (χ0n) is 12.3. The van der Waals surface area contributed by atoms with Crippen molar-refractivity contribution in [2.24, 2.45) is 0 Å². The van der Waals surface area contributed by atoms with Crippen LogP contribution in [0.5, 0.6) is 0 Å². The minimum absolute atomic E-state index is 0.298. The Hall–Kier alpha value is -1.58. The third kappa shape index (κ3) is 3.22. The maximum Gasteiger partial charge on any atom is 0.257 e. The SMILES string of the molecule is CN1CCc2c(sc(NC(=O)c3cc(Cl)ccc3Cl)c2C#N)C1. The van der Waals surface area contributed by atoms with Crippen molar-refractivity contribution in [3.05, 3.63) is 49.8 Å². The van der Waals surface area contributed by atoms with Gasteiger partial charge >= 0.3 is 0 Å². The number of halogens is 2. The molecule has 23 heavy (non-hydrogen) atoms. The summed E-state index contributed by atoms with van der Waals surface area (Å²) >= 11 is 13.4. The van der Waals surface area contributed by atoms with Gasteiger partial charge in [-0.25, -0.2) is 0 Å². The van der Waals surface area contributed by atoms with Gasteiger partial charge in [0, 0.05) is 23.0 Å². The van der Waals surface area contributed by atoms with E-state index in [0.29, 0.717) is 26.2 Å². The molecule has 1 amide bonds. The molecule has 0 bridgehead atoms. The van der Waals surface area contributed by atoms with Crippen molar-refractivity contribution < 1.29 is 4.79 Å². The summed E-state index contributed by atoms with van der Waals surface area (Å²) in [4.78, 5) is 15.8. The lowest BCUT2D eigenvalue weighted by molar-refractivity contribution is 0.102. The van der Waals surface area contributed by atoms with E-state index in [0.717, 1.165) is 30.0 Å². The van der Waals surface area contributed by atoms with E-state index in [1.807, 2.05) is 7.05 Å². The molecular formula is C16H13Cl2N3OS. The highest BCUT2D eigenvalue weighted by Crippen LogP contribution is 2.36. The van der Waals surface area contributed by atoms with E-state index in [9.17, 15) is 10.1 Å². The van der Waals surface area contributed by atoms with Crippen LogP contribution in [-0.2, 0) is 13.0 Å². The molecule has 0 aliphatic carbocycles. The first kappa shape index (κ1) is 16.3. The lowest BCUT2D eigenvalue weighted by Crippen LogP contribution is -2.25. The number of amides is 1. The van der Waals surface area contributed by atoms with Gasteiger partial charge in [0.25, 0.3) is 5.91 Å². The third-order valence-corrected chi connectivity index (χ3v) is 5.46. The lowest BCUT2D eigenvalue weighted by atomic mass is 10.0.